The molecule has 1 fully saturated rings. The maximum Gasteiger partial charge on any atom is 0.338 e. The SMILES string of the molecule is CC(=O)O[C@@H]1CCN[C@H]1COC(=O)c1ccccc1. The van der Waals surface area contributed by atoms with Crippen molar-refractivity contribution in [2.24, 2.45) is 0 Å². The Bertz CT molecular complexity index is 446. The van der Waals surface area contributed by atoms with E-state index in [-0.39, 0.29) is 30.7 Å². The maximum absolute atomic E-state index is 11.8. The molecule has 1 aliphatic heterocycles. The van der Waals surface area contributed by atoms with Gasteiger partial charge in [-0.15, -0.1) is 0 Å². The smallest absolute Gasteiger partial charge is 0.338 e. The van der Waals surface area contributed by atoms with E-state index >= 15 is 0 Å². The van der Waals surface area contributed by atoms with Crippen LogP contribution in [0.1, 0.15) is 23.7 Å². The molecule has 0 unspecified atom stereocenters. The van der Waals surface area contributed by atoms with Gasteiger partial charge in [-0.05, 0) is 25.1 Å². The zero-order chi connectivity index (χ0) is 13.7. The van der Waals surface area contributed by atoms with Gasteiger partial charge in [-0.1, -0.05) is 18.2 Å². The first kappa shape index (κ1) is 13.5. The first-order valence-corrected chi connectivity index (χ1v) is 6.29. The van der Waals surface area contributed by atoms with E-state index in [1.165, 1.54) is 6.92 Å². The Morgan fingerprint density at radius 2 is 2.05 bits per heavy atom. The van der Waals surface area contributed by atoms with Crippen LogP contribution in [0.3, 0.4) is 0 Å². The maximum atomic E-state index is 11.8. The Hall–Kier alpha value is -1.88. The molecule has 1 heterocycles. The highest BCUT2D eigenvalue weighted by molar-refractivity contribution is 5.89. The normalized spacial score (nSPS) is 21.9. The summed E-state index contributed by atoms with van der Waals surface area (Å²) in [6.45, 7) is 2.34. The number of rotatable bonds is 4. The fraction of sp³-hybridized carbons (Fsp3) is 0.429. The molecule has 2 atom stereocenters. The van der Waals surface area contributed by atoms with Gasteiger partial charge in [0.15, 0.2) is 0 Å². The van der Waals surface area contributed by atoms with E-state index < -0.39 is 0 Å². The number of esters is 2. The van der Waals surface area contributed by atoms with Crippen molar-refractivity contribution in [3.63, 3.8) is 0 Å². The number of benzene rings is 1. The second-order valence-corrected chi connectivity index (χ2v) is 4.46. The Labute approximate surface area is 111 Å². The molecule has 1 aliphatic rings. The highest BCUT2D eigenvalue weighted by Crippen LogP contribution is 2.13. The molecule has 1 aromatic rings. The second-order valence-electron chi connectivity index (χ2n) is 4.46. The van der Waals surface area contributed by atoms with E-state index in [1.807, 2.05) is 6.07 Å². The Morgan fingerprint density at radius 3 is 2.74 bits per heavy atom. The third-order valence-corrected chi connectivity index (χ3v) is 3.00. The molecule has 0 spiro atoms. The van der Waals surface area contributed by atoms with Crippen molar-refractivity contribution in [1.82, 2.24) is 5.32 Å². The summed E-state index contributed by atoms with van der Waals surface area (Å²) in [5.74, 6) is -0.677. The number of carbonyl (C=O) groups excluding carboxylic acids is 2. The highest BCUT2D eigenvalue weighted by atomic mass is 16.6. The van der Waals surface area contributed by atoms with Crippen LogP contribution in [0.4, 0.5) is 0 Å². The second kappa shape index (κ2) is 6.33. The summed E-state index contributed by atoms with van der Waals surface area (Å²) >= 11 is 0. The van der Waals surface area contributed by atoms with E-state index in [0.29, 0.717) is 5.56 Å². The van der Waals surface area contributed by atoms with Crippen LogP contribution in [0.25, 0.3) is 0 Å². The van der Waals surface area contributed by atoms with E-state index in [1.54, 1.807) is 24.3 Å². The lowest BCUT2D eigenvalue weighted by Gasteiger charge is -2.19. The topological polar surface area (TPSA) is 64.6 Å². The van der Waals surface area contributed by atoms with Crippen LogP contribution >= 0.6 is 0 Å². The Morgan fingerprint density at radius 1 is 1.32 bits per heavy atom. The van der Waals surface area contributed by atoms with E-state index in [2.05, 4.69) is 5.32 Å². The molecule has 2 rings (SSSR count). The minimum absolute atomic E-state index is 0.128. The van der Waals surface area contributed by atoms with Crippen molar-refractivity contribution in [3.05, 3.63) is 35.9 Å². The standard InChI is InChI=1S/C14H17NO4/c1-10(16)19-13-7-8-15-12(13)9-18-14(17)11-5-3-2-4-6-11/h2-6,12-13,15H,7-9H2,1H3/t12-,13+/m0/s1. The molecule has 1 saturated heterocycles. The third kappa shape index (κ3) is 3.79. The van der Waals surface area contributed by atoms with Crippen molar-refractivity contribution in [1.29, 1.82) is 0 Å². The minimum atomic E-state index is -0.365. The summed E-state index contributed by atoms with van der Waals surface area (Å²) in [5, 5.41) is 3.16. The lowest BCUT2D eigenvalue weighted by molar-refractivity contribution is -0.147. The van der Waals surface area contributed by atoms with Gasteiger partial charge in [0.1, 0.15) is 12.7 Å². The largest absolute Gasteiger partial charge is 0.461 e. The minimum Gasteiger partial charge on any atom is -0.461 e. The molecule has 1 N–H and O–H groups in total. The van der Waals surface area contributed by atoms with Crippen LogP contribution in [-0.2, 0) is 14.3 Å². The number of ether oxygens (including phenoxy) is 2. The van der Waals surface area contributed by atoms with Crippen LogP contribution in [0.2, 0.25) is 0 Å². The lowest BCUT2D eigenvalue weighted by atomic mass is 10.2. The average Bonchev–Trinajstić information content (AvgIpc) is 2.83. The number of nitrogens with one attached hydrogen (secondary N) is 1. The molecule has 0 bridgehead atoms. The molecule has 5 nitrogen and oxygen atoms in total. The van der Waals surface area contributed by atoms with Crippen molar-refractivity contribution in [2.75, 3.05) is 13.2 Å². The summed E-state index contributed by atoms with van der Waals surface area (Å²) in [4.78, 5) is 22.7. The lowest BCUT2D eigenvalue weighted by Crippen LogP contribution is -2.38. The van der Waals surface area contributed by atoms with E-state index in [0.717, 1.165) is 13.0 Å². The monoisotopic (exact) mass is 263 g/mol. The van der Waals surface area contributed by atoms with Crippen molar-refractivity contribution < 1.29 is 19.1 Å². The molecule has 0 aliphatic carbocycles. The van der Waals surface area contributed by atoms with Gasteiger partial charge in [-0.3, -0.25) is 4.79 Å². The molecule has 0 saturated carbocycles. The van der Waals surface area contributed by atoms with Gasteiger partial charge in [0.25, 0.3) is 0 Å². The summed E-state index contributed by atoms with van der Waals surface area (Å²) < 4.78 is 10.4. The molecular formula is C14H17NO4. The predicted molar refractivity (Wildman–Crippen MR) is 68.7 cm³/mol. The fourth-order valence-electron chi connectivity index (χ4n) is 2.09. The van der Waals surface area contributed by atoms with Crippen LogP contribution in [0.5, 0.6) is 0 Å². The highest BCUT2D eigenvalue weighted by Gasteiger charge is 2.30. The molecule has 0 radical (unpaired) electrons. The summed E-state index contributed by atoms with van der Waals surface area (Å²) in [5.41, 5.74) is 0.518. The van der Waals surface area contributed by atoms with Gasteiger partial charge in [-0.25, -0.2) is 4.79 Å². The van der Waals surface area contributed by atoms with Gasteiger partial charge >= 0.3 is 11.9 Å². The van der Waals surface area contributed by atoms with Crippen LogP contribution < -0.4 is 5.32 Å². The quantitative estimate of drug-likeness (QED) is 0.825. The molecule has 1 aromatic carbocycles. The van der Waals surface area contributed by atoms with Crippen molar-refractivity contribution in [3.8, 4) is 0 Å². The summed E-state index contributed by atoms with van der Waals surface area (Å²) in [7, 11) is 0. The predicted octanol–water partition coefficient (Wildman–Crippen LogP) is 1.14. The van der Waals surface area contributed by atoms with Gasteiger partial charge < -0.3 is 14.8 Å². The van der Waals surface area contributed by atoms with E-state index in [9.17, 15) is 9.59 Å². The third-order valence-electron chi connectivity index (χ3n) is 3.00. The van der Waals surface area contributed by atoms with Crippen LogP contribution in [0.15, 0.2) is 30.3 Å². The number of carbonyl (C=O) groups is 2. The fourth-order valence-corrected chi connectivity index (χ4v) is 2.09. The van der Waals surface area contributed by atoms with E-state index in [4.69, 9.17) is 9.47 Å². The first-order valence-electron chi connectivity index (χ1n) is 6.29. The van der Waals surface area contributed by atoms with Crippen LogP contribution in [0, 0.1) is 0 Å². The summed E-state index contributed by atoms with van der Waals surface area (Å²) in [6, 6.07) is 8.68. The zero-order valence-electron chi connectivity index (χ0n) is 10.8. The molecular weight excluding hydrogens is 246 g/mol. The first-order chi connectivity index (χ1) is 9.16. The van der Waals surface area contributed by atoms with Gasteiger partial charge in [0.05, 0.1) is 11.6 Å². The molecule has 102 valence electrons. The van der Waals surface area contributed by atoms with Crippen molar-refractivity contribution in [2.45, 2.75) is 25.5 Å². The zero-order valence-corrected chi connectivity index (χ0v) is 10.8. The van der Waals surface area contributed by atoms with Crippen LogP contribution in [-0.4, -0.2) is 37.2 Å². The number of hydrogen-bond donors (Lipinski definition) is 1. The van der Waals surface area contributed by atoms with Crippen molar-refractivity contribution >= 4 is 11.9 Å². The van der Waals surface area contributed by atoms with Gasteiger partial charge in [-0.2, -0.15) is 0 Å². The van der Waals surface area contributed by atoms with Gasteiger partial charge in [0.2, 0.25) is 0 Å². The molecule has 5 heteroatoms. The average molecular weight is 263 g/mol. The molecule has 0 aromatic heterocycles. The molecule has 19 heavy (non-hydrogen) atoms. The Kier molecular flexibility index (Phi) is 4.52. The number of hydrogen-bond acceptors (Lipinski definition) is 5. The Balaban J connectivity index is 1.85. The molecule has 0 amide bonds. The van der Waals surface area contributed by atoms with Gasteiger partial charge in [0, 0.05) is 6.92 Å². The summed E-state index contributed by atoms with van der Waals surface area (Å²) in [6.07, 6.45) is 0.522.